The summed E-state index contributed by atoms with van der Waals surface area (Å²) in [5.74, 6) is 0. The molecule has 0 amide bonds. The van der Waals surface area contributed by atoms with E-state index in [1.165, 1.54) is 106 Å². The molecule has 0 bridgehead atoms. The molecule has 9 aromatic carbocycles. The lowest BCUT2D eigenvalue weighted by atomic mass is 9.83. The van der Waals surface area contributed by atoms with E-state index >= 15 is 0 Å². The molecule has 2 heterocycles. The first kappa shape index (κ1) is 28.1. The smallest absolute Gasteiger partial charge is 0.0449 e. The molecule has 50 heavy (non-hydrogen) atoms. The predicted octanol–water partition coefficient (Wildman–Crippen LogP) is 14.9. The van der Waals surface area contributed by atoms with Gasteiger partial charge in [0.25, 0.3) is 0 Å². The first-order chi connectivity index (χ1) is 24.8. The molecule has 0 nitrogen and oxygen atoms in total. The van der Waals surface area contributed by atoms with Crippen LogP contribution in [-0.2, 0) is 0 Å². The van der Waals surface area contributed by atoms with Crippen molar-refractivity contribution in [1.29, 1.82) is 0 Å². The van der Waals surface area contributed by atoms with Crippen LogP contribution in [0.3, 0.4) is 0 Å². The van der Waals surface area contributed by atoms with Crippen LogP contribution in [0, 0.1) is 0 Å². The maximum absolute atomic E-state index is 2.48. The third-order valence-electron chi connectivity index (χ3n) is 10.5. The van der Waals surface area contributed by atoms with Crippen LogP contribution in [0.5, 0.6) is 0 Å². The van der Waals surface area contributed by atoms with Crippen LogP contribution in [0.4, 0.5) is 0 Å². The van der Waals surface area contributed by atoms with E-state index in [1.54, 1.807) is 0 Å². The Bertz CT molecular complexity index is 3080. The van der Waals surface area contributed by atoms with Gasteiger partial charge in [0.15, 0.2) is 0 Å². The second-order valence-corrected chi connectivity index (χ2v) is 15.2. The molecule has 0 radical (unpaired) electrons. The molecule has 0 aliphatic heterocycles. The van der Waals surface area contributed by atoms with Crippen LogP contribution in [0.1, 0.15) is 0 Å². The summed E-state index contributed by atoms with van der Waals surface area (Å²) in [5, 5.41) is 13.1. The van der Waals surface area contributed by atoms with Gasteiger partial charge in [-0.3, -0.25) is 0 Å². The number of thiophene rings is 2. The predicted molar refractivity (Wildman–Crippen MR) is 221 cm³/mol. The molecule has 0 spiro atoms. The summed E-state index contributed by atoms with van der Waals surface area (Å²) in [6.45, 7) is 0. The Morgan fingerprint density at radius 3 is 1.40 bits per heavy atom. The Labute approximate surface area is 297 Å². The highest BCUT2D eigenvalue weighted by Gasteiger charge is 2.22. The van der Waals surface area contributed by atoms with Crippen molar-refractivity contribution in [2.24, 2.45) is 0 Å². The van der Waals surface area contributed by atoms with Gasteiger partial charge in [0.05, 0.1) is 0 Å². The summed E-state index contributed by atoms with van der Waals surface area (Å²) < 4.78 is 5.44. The van der Waals surface area contributed by atoms with Crippen molar-refractivity contribution in [2.75, 3.05) is 0 Å². The zero-order valence-electron chi connectivity index (χ0n) is 27.0. The van der Waals surface area contributed by atoms with E-state index in [-0.39, 0.29) is 0 Å². The average molecular weight is 669 g/mol. The van der Waals surface area contributed by atoms with E-state index in [1.807, 2.05) is 22.7 Å². The van der Waals surface area contributed by atoms with Crippen molar-refractivity contribution in [3.8, 4) is 33.4 Å². The van der Waals surface area contributed by atoms with Gasteiger partial charge in [-0.2, -0.15) is 0 Å². The summed E-state index contributed by atoms with van der Waals surface area (Å²) in [6, 6.07) is 62.9. The third-order valence-corrected chi connectivity index (χ3v) is 12.9. The molecule has 0 atom stereocenters. The fourth-order valence-corrected chi connectivity index (χ4v) is 10.9. The Kier molecular flexibility index (Phi) is 6.09. The molecule has 2 aromatic heterocycles. The van der Waals surface area contributed by atoms with Gasteiger partial charge in [-0.1, -0.05) is 152 Å². The molecule has 0 saturated heterocycles. The van der Waals surface area contributed by atoms with Crippen molar-refractivity contribution in [1.82, 2.24) is 0 Å². The molecule has 0 saturated carbocycles. The van der Waals surface area contributed by atoms with Gasteiger partial charge < -0.3 is 0 Å². The third kappa shape index (κ3) is 3.98. The molecule has 0 N–H and O–H groups in total. The van der Waals surface area contributed by atoms with Gasteiger partial charge in [0.2, 0.25) is 0 Å². The number of fused-ring (bicyclic) bond motifs is 10. The standard InChI is InChI=1S/C48H28S2/c1-2-14-29(15-3-1)44-34-19-6-8-21-36(34)45(37-22-9-7-20-35(37)44)38-27-26-32(30-16-4-5-17-31(30)38)40-28-41-33-18-10-12-24-42(33)49-48(41)46-39-23-11-13-25-43(39)50-47(40)46/h1-28H. The summed E-state index contributed by atoms with van der Waals surface area (Å²) in [5.41, 5.74) is 7.71. The summed E-state index contributed by atoms with van der Waals surface area (Å²) in [6.07, 6.45) is 0. The first-order valence-electron chi connectivity index (χ1n) is 17.1. The first-order valence-corrected chi connectivity index (χ1v) is 18.7. The molecule has 0 fully saturated rings. The van der Waals surface area contributed by atoms with Gasteiger partial charge >= 0.3 is 0 Å². The van der Waals surface area contributed by atoms with Gasteiger partial charge in [-0.15, -0.1) is 22.7 Å². The monoisotopic (exact) mass is 668 g/mol. The SMILES string of the molecule is c1ccc(-c2c3ccccc3c(-c3ccc(-c4cc5c6ccccc6sc5c5c4sc4ccccc45)c4ccccc34)c3ccccc23)cc1. The molecular formula is C48H28S2. The second-order valence-electron chi connectivity index (χ2n) is 13.1. The highest BCUT2D eigenvalue weighted by molar-refractivity contribution is 7.30. The molecular weight excluding hydrogens is 641 g/mol. The Morgan fingerprint density at radius 2 is 0.740 bits per heavy atom. The highest BCUT2D eigenvalue weighted by Crippen LogP contribution is 2.51. The number of hydrogen-bond donors (Lipinski definition) is 0. The van der Waals surface area contributed by atoms with Crippen molar-refractivity contribution in [2.45, 2.75) is 0 Å². The fourth-order valence-electron chi connectivity index (χ4n) is 8.35. The van der Waals surface area contributed by atoms with Gasteiger partial charge in [0.1, 0.15) is 0 Å². The fraction of sp³-hybridized carbons (Fsp3) is 0. The molecule has 11 rings (SSSR count). The number of rotatable bonds is 3. The zero-order chi connectivity index (χ0) is 32.8. The molecule has 0 aliphatic carbocycles. The average Bonchev–Trinajstić information content (AvgIpc) is 3.75. The van der Waals surface area contributed by atoms with Crippen LogP contribution in [0.2, 0.25) is 0 Å². The lowest BCUT2D eigenvalue weighted by Gasteiger charge is -2.20. The van der Waals surface area contributed by atoms with Crippen LogP contribution in [0.15, 0.2) is 170 Å². The lowest BCUT2D eigenvalue weighted by Crippen LogP contribution is -1.92. The highest BCUT2D eigenvalue weighted by atomic mass is 32.1. The van der Waals surface area contributed by atoms with Crippen molar-refractivity contribution < 1.29 is 0 Å². The quantitative estimate of drug-likeness (QED) is 0.164. The van der Waals surface area contributed by atoms with E-state index in [0.717, 1.165) is 0 Å². The maximum Gasteiger partial charge on any atom is 0.0449 e. The van der Waals surface area contributed by atoms with E-state index in [9.17, 15) is 0 Å². The molecule has 11 aromatic rings. The van der Waals surface area contributed by atoms with Crippen LogP contribution >= 0.6 is 22.7 Å². The summed E-state index contributed by atoms with van der Waals surface area (Å²) in [4.78, 5) is 0. The van der Waals surface area contributed by atoms with Crippen LogP contribution < -0.4 is 0 Å². The molecule has 232 valence electrons. The summed E-state index contributed by atoms with van der Waals surface area (Å²) >= 11 is 3.85. The molecule has 2 heteroatoms. The minimum atomic E-state index is 1.25. The second kappa shape index (κ2) is 10.9. The van der Waals surface area contributed by atoms with Crippen LogP contribution in [-0.4, -0.2) is 0 Å². The number of benzene rings is 9. The largest absolute Gasteiger partial charge is 0.134 e. The lowest BCUT2D eigenvalue weighted by molar-refractivity contribution is 1.66. The summed E-state index contributed by atoms with van der Waals surface area (Å²) in [7, 11) is 0. The van der Waals surface area contributed by atoms with E-state index in [2.05, 4.69) is 170 Å². The Morgan fingerprint density at radius 1 is 0.280 bits per heavy atom. The normalized spacial score (nSPS) is 12.0. The van der Waals surface area contributed by atoms with Gasteiger partial charge in [-0.05, 0) is 78.3 Å². The molecule has 0 unspecified atom stereocenters. The van der Waals surface area contributed by atoms with Crippen molar-refractivity contribution >= 4 is 95.3 Å². The van der Waals surface area contributed by atoms with E-state index in [4.69, 9.17) is 0 Å². The van der Waals surface area contributed by atoms with Crippen LogP contribution in [0.25, 0.3) is 106 Å². The minimum absolute atomic E-state index is 1.25. The van der Waals surface area contributed by atoms with Crippen molar-refractivity contribution in [3.63, 3.8) is 0 Å². The van der Waals surface area contributed by atoms with Gasteiger partial charge in [-0.25, -0.2) is 0 Å². The molecule has 0 aliphatic rings. The Hall–Kier alpha value is -5.80. The zero-order valence-corrected chi connectivity index (χ0v) is 28.6. The minimum Gasteiger partial charge on any atom is -0.134 e. The number of hydrogen-bond acceptors (Lipinski definition) is 2. The Balaban J connectivity index is 1.25. The topological polar surface area (TPSA) is 0 Å². The maximum atomic E-state index is 2.48. The van der Waals surface area contributed by atoms with E-state index in [0.29, 0.717) is 0 Å². The van der Waals surface area contributed by atoms with Gasteiger partial charge in [0, 0.05) is 45.9 Å². The van der Waals surface area contributed by atoms with E-state index < -0.39 is 0 Å². The van der Waals surface area contributed by atoms with Crippen molar-refractivity contribution in [3.05, 3.63) is 170 Å².